The maximum atomic E-state index is 2.53. The van der Waals surface area contributed by atoms with E-state index in [2.05, 4.69) is 61.5 Å². The van der Waals surface area contributed by atoms with Crippen LogP contribution >= 0.6 is 0 Å². The van der Waals surface area contributed by atoms with Crippen LogP contribution in [0.15, 0.2) is 54.1 Å². The third-order valence-electron chi connectivity index (χ3n) is 5.98. The van der Waals surface area contributed by atoms with E-state index in [1.165, 1.54) is 48.8 Å². The van der Waals surface area contributed by atoms with Crippen LogP contribution in [0.4, 0.5) is 0 Å². The van der Waals surface area contributed by atoms with Crippen LogP contribution in [-0.4, -0.2) is 0 Å². The Bertz CT molecular complexity index is 732. The molecule has 1 saturated carbocycles. The van der Waals surface area contributed by atoms with E-state index in [4.69, 9.17) is 0 Å². The normalized spacial score (nSPS) is 21.4. The van der Waals surface area contributed by atoms with Crippen molar-refractivity contribution >= 4 is 6.08 Å². The van der Waals surface area contributed by atoms with Crippen molar-refractivity contribution in [1.29, 1.82) is 0 Å². The fourth-order valence-electron chi connectivity index (χ4n) is 4.25. The first-order chi connectivity index (χ1) is 11.2. The molecule has 1 unspecified atom stereocenters. The fraction of sp³-hybridized carbons (Fsp3) is 0.364. The molecule has 0 saturated heterocycles. The zero-order valence-electron chi connectivity index (χ0n) is 13.8. The molecule has 2 aromatic rings. The van der Waals surface area contributed by atoms with Crippen molar-refractivity contribution in [3.8, 4) is 11.1 Å². The van der Waals surface area contributed by atoms with Gasteiger partial charge in [0.2, 0.25) is 0 Å². The standard InChI is InChI=1S/C22H23.Zr/c1-2-22(12-7-13-22)16-17-14-19-10-6-11-20(21(19)15-17)18-8-4-3-5-9-18;/h3-6,8-11,14-15H,2,7,12-13,16H2,1H3;. The molecule has 115 valence electrons. The topological polar surface area (TPSA) is 0 Å². The van der Waals surface area contributed by atoms with Crippen LogP contribution in [0.3, 0.4) is 0 Å². The second kappa shape index (κ2) is 6.17. The first-order valence-corrected chi connectivity index (χ1v) is 10.2. The predicted molar refractivity (Wildman–Crippen MR) is 93.8 cm³/mol. The van der Waals surface area contributed by atoms with Gasteiger partial charge in [0.25, 0.3) is 0 Å². The van der Waals surface area contributed by atoms with E-state index in [-0.39, 0.29) is 0 Å². The molecule has 0 spiro atoms. The summed E-state index contributed by atoms with van der Waals surface area (Å²) in [5, 5.41) is 0. The van der Waals surface area contributed by atoms with E-state index in [0.717, 1.165) is 0 Å². The second-order valence-electron chi connectivity index (χ2n) is 7.21. The van der Waals surface area contributed by atoms with Crippen LogP contribution in [0.2, 0.25) is 0 Å². The summed E-state index contributed by atoms with van der Waals surface area (Å²) in [6.07, 6.45) is 9.51. The second-order valence-corrected chi connectivity index (χ2v) is 8.63. The Morgan fingerprint density at radius 3 is 2.48 bits per heavy atom. The van der Waals surface area contributed by atoms with Gasteiger partial charge in [0, 0.05) is 0 Å². The van der Waals surface area contributed by atoms with Crippen LogP contribution in [0, 0.1) is 5.41 Å². The number of hydrogen-bond donors (Lipinski definition) is 0. The van der Waals surface area contributed by atoms with Gasteiger partial charge in [-0.15, -0.1) is 0 Å². The fourth-order valence-corrected chi connectivity index (χ4v) is 5.33. The minimum atomic E-state index is 0.621. The van der Waals surface area contributed by atoms with Gasteiger partial charge in [0.05, 0.1) is 0 Å². The Labute approximate surface area is 154 Å². The zero-order valence-corrected chi connectivity index (χ0v) is 16.3. The molecule has 1 heteroatoms. The number of rotatable bonds is 4. The molecule has 2 aromatic carbocycles. The molecule has 0 nitrogen and oxygen atoms in total. The van der Waals surface area contributed by atoms with Gasteiger partial charge in [0.15, 0.2) is 0 Å². The molecule has 0 bridgehead atoms. The van der Waals surface area contributed by atoms with Crippen molar-refractivity contribution in [3.63, 3.8) is 0 Å². The summed E-state index contributed by atoms with van der Waals surface area (Å²) >= 11 is 1.64. The molecule has 4 rings (SSSR count). The summed E-state index contributed by atoms with van der Waals surface area (Å²) < 4.78 is 0.671. The molecule has 2 aliphatic rings. The van der Waals surface area contributed by atoms with Gasteiger partial charge < -0.3 is 0 Å². The summed E-state index contributed by atoms with van der Waals surface area (Å²) in [5.74, 6) is 0. The van der Waals surface area contributed by atoms with E-state index in [0.29, 0.717) is 9.04 Å². The Kier molecular flexibility index (Phi) is 4.18. The Hall–Kier alpha value is -0.937. The molecule has 0 N–H and O–H groups in total. The van der Waals surface area contributed by atoms with Crippen LogP contribution in [0.25, 0.3) is 17.2 Å². The quantitative estimate of drug-likeness (QED) is 0.585. The zero-order chi connectivity index (χ0) is 15.9. The van der Waals surface area contributed by atoms with Gasteiger partial charge in [-0.25, -0.2) is 0 Å². The molecule has 0 aromatic heterocycles. The molecule has 2 aliphatic carbocycles. The Morgan fingerprint density at radius 1 is 1.04 bits per heavy atom. The first kappa shape index (κ1) is 15.6. The van der Waals surface area contributed by atoms with Gasteiger partial charge in [-0.1, -0.05) is 0 Å². The third kappa shape index (κ3) is 2.72. The summed E-state index contributed by atoms with van der Waals surface area (Å²) in [6, 6.07) is 17.7. The van der Waals surface area contributed by atoms with Crippen molar-refractivity contribution < 1.29 is 24.7 Å². The van der Waals surface area contributed by atoms with E-state index in [1.807, 2.05) is 0 Å². The van der Waals surface area contributed by atoms with Crippen LogP contribution in [0.5, 0.6) is 0 Å². The first-order valence-electron chi connectivity index (χ1n) is 8.82. The van der Waals surface area contributed by atoms with Crippen molar-refractivity contribution in [2.45, 2.75) is 42.7 Å². The van der Waals surface area contributed by atoms with Crippen molar-refractivity contribution in [3.05, 3.63) is 65.2 Å². The number of hydrogen-bond acceptors (Lipinski definition) is 0. The van der Waals surface area contributed by atoms with Gasteiger partial charge in [-0.2, -0.15) is 0 Å². The average molecular weight is 379 g/mol. The Morgan fingerprint density at radius 2 is 1.83 bits per heavy atom. The summed E-state index contributed by atoms with van der Waals surface area (Å²) in [7, 11) is 0. The number of fused-ring (bicyclic) bond motifs is 1. The molecule has 0 heterocycles. The van der Waals surface area contributed by atoms with E-state index < -0.39 is 0 Å². The Balaban J connectivity index is 1.72. The van der Waals surface area contributed by atoms with Crippen LogP contribution < -0.4 is 0 Å². The third-order valence-corrected chi connectivity index (χ3v) is 7.66. The van der Waals surface area contributed by atoms with Crippen molar-refractivity contribution in [1.82, 2.24) is 0 Å². The van der Waals surface area contributed by atoms with Gasteiger partial charge in [0.1, 0.15) is 0 Å². The molecule has 23 heavy (non-hydrogen) atoms. The molecule has 1 atom stereocenters. The summed E-state index contributed by atoms with van der Waals surface area (Å²) in [6.45, 7) is 2.38. The molecule has 0 radical (unpaired) electrons. The summed E-state index contributed by atoms with van der Waals surface area (Å²) in [5.41, 5.74) is 8.12. The van der Waals surface area contributed by atoms with Crippen molar-refractivity contribution in [2.75, 3.05) is 0 Å². The number of benzene rings is 2. The van der Waals surface area contributed by atoms with E-state index in [1.54, 1.807) is 35.9 Å². The predicted octanol–water partition coefficient (Wildman–Crippen LogP) is 6.31. The van der Waals surface area contributed by atoms with Gasteiger partial charge in [-0.3, -0.25) is 0 Å². The minimum absolute atomic E-state index is 0.621. The van der Waals surface area contributed by atoms with Gasteiger partial charge in [-0.05, 0) is 0 Å². The SMILES string of the molecule is CCC1(CC2=Cc3c(-c4ccccc4)cccc3[CH]2[Zr])CCC1. The maximum absolute atomic E-state index is 2.53. The molecule has 0 amide bonds. The van der Waals surface area contributed by atoms with E-state index >= 15 is 0 Å². The number of allylic oxidation sites excluding steroid dienone is 1. The van der Waals surface area contributed by atoms with Crippen LogP contribution in [0.1, 0.15) is 53.8 Å². The average Bonchev–Trinajstić information content (AvgIpc) is 2.88. The monoisotopic (exact) mass is 377 g/mol. The van der Waals surface area contributed by atoms with Gasteiger partial charge >= 0.3 is 155 Å². The van der Waals surface area contributed by atoms with E-state index in [9.17, 15) is 0 Å². The molecule has 0 aliphatic heterocycles. The molecule has 1 fully saturated rings. The summed E-state index contributed by atoms with van der Waals surface area (Å²) in [4.78, 5) is 0. The van der Waals surface area contributed by atoms with Crippen LogP contribution in [-0.2, 0) is 24.7 Å². The molecular formula is C22H23Zr. The molecular weight excluding hydrogens is 355 g/mol. The van der Waals surface area contributed by atoms with Crippen molar-refractivity contribution in [2.24, 2.45) is 5.41 Å².